The molecule has 0 aromatic rings. The Kier molecular flexibility index (Phi) is 39.5. The molecular weight excluding hydrogens is 836 g/mol. The first-order valence-electron chi connectivity index (χ1n) is 25.8. The first-order valence-corrected chi connectivity index (χ1v) is 27.3. The van der Waals surface area contributed by atoms with Crippen molar-refractivity contribution < 1.29 is 58.3 Å². The van der Waals surface area contributed by atoms with Gasteiger partial charge in [-0.15, -0.1) is 0 Å². The van der Waals surface area contributed by atoms with E-state index in [0.717, 1.165) is 64.2 Å². The van der Waals surface area contributed by atoms with E-state index in [-0.39, 0.29) is 13.0 Å². The van der Waals surface area contributed by atoms with Gasteiger partial charge in [-0.2, -0.15) is 0 Å². The average Bonchev–Trinajstić information content (AvgIpc) is 3.28. The molecule has 6 atom stereocenters. The van der Waals surface area contributed by atoms with Gasteiger partial charge in [0.2, 0.25) is 0 Å². The second-order valence-corrected chi connectivity index (χ2v) is 19.4. The molecule has 376 valence electrons. The summed E-state index contributed by atoms with van der Waals surface area (Å²) in [5.41, 5.74) is 0. The van der Waals surface area contributed by atoms with E-state index in [9.17, 15) is 39.8 Å². The number of rotatable bonds is 44. The second kappa shape index (κ2) is 41.7. The van der Waals surface area contributed by atoms with Gasteiger partial charge in [-0.1, -0.05) is 179 Å². The summed E-state index contributed by atoms with van der Waals surface area (Å²) in [6.45, 7) is 4.25. The van der Waals surface area contributed by atoms with E-state index in [1.807, 2.05) is 0 Å². The van der Waals surface area contributed by atoms with Gasteiger partial charge < -0.3 is 39.9 Å². The standard InChI is InChI=1S/C51H95O12P/c1-3-5-7-9-11-13-15-17-19-21-22-23-24-25-26-28-30-32-34-36-38-40-45(52)62-44(43-61-64(58,59)63-51-49(56)47(54)46(53)48(55)50(51)57)42-60-41-39-37-35-33-31-29-27-20-18-16-14-12-10-8-6-4-2/h15,17-18,20-22,44,46-51,53-57H,3-14,16,19,23-43H2,1-2H3,(H,58,59)/b17-15-,20-18-,22-21-. The average molecular weight is 931 g/mol. The molecule has 0 amide bonds. The van der Waals surface area contributed by atoms with Crippen LogP contribution in [-0.2, 0) is 27.9 Å². The van der Waals surface area contributed by atoms with Crippen molar-refractivity contribution in [1.82, 2.24) is 0 Å². The highest BCUT2D eigenvalue weighted by Crippen LogP contribution is 2.47. The van der Waals surface area contributed by atoms with Gasteiger partial charge in [0.1, 0.15) is 42.7 Å². The highest BCUT2D eigenvalue weighted by molar-refractivity contribution is 7.47. The van der Waals surface area contributed by atoms with Gasteiger partial charge in [0.15, 0.2) is 0 Å². The van der Waals surface area contributed by atoms with Crippen LogP contribution in [0.4, 0.5) is 0 Å². The molecule has 0 radical (unpaired) electrons. The summed E-state index contributed by atoms with van der Waals surface area (Å²) in [5.74, 6) is -0.482. The van der Waals surface area contributed by atoms with E-state index in [4.69, 9.17) is 18.5 Å². The molecule has 0 bridgehead atoms. The van der Waals surface area contributed by atoms with Crippen LogP contribution in [0.1, 0.15) is 219 Å². The summed E-state index contributed by atoms with van der Waals surface area (Å²) in [6, 6.07) is 0. The van der Waals surface area contributed by atoms with Crippen molar-refractivity contribution in [3.05, 3.63) is 36.5 Å². The molecule has 1 saturated carbocycles. The van der Waals surface area contributed by atoms with E-state index < -0.39 is 63.1 Å². The Hall–Kier alpha value is -1.44. The van der Waals surface area contributed by atoms with E-state index >= 15 is 0 Å². The minimum absolute atomic E-state index is 0.0813. The summed E-state index contributed by atoms with van der Waals surface area (Å²) in [4.78, 5) is 23.2. The topological polar surface area (TPSA) is 192 Å². The monoisotopic (exact) mass is 931 g/mol. The molecule has 0 heterocycles. The number of aliphatic hydroxyl groups is 5. The van der Waals surface area contributed by atoms with Crippen molar-refractivity contribution in [3.8, 4) is 0 Å². The summed E-state index contributed by atoms with van der Waals surface area (Å²) in [5, 5.41) is 50.3. The van der Waals surface area contributed by atoms with Gasteiger partial charge in [0.05, 0.1) is 13.2 Å². The number of aliphatic hydroxyl groups excluding tert-OH is 5. The molecule has 0 aliphatic heterocycles. The van der Waals surface area contributed by atoms with Gasteiger partial charge in [-0.25, -0.2) is 4.57 Å². The van der Waals surface area contributed by atoms with Gasteiger partial charge >= 0.3 is 13.8 Å². The Morgan fingerprint density at radius 2 is 0.875 bits per heavy atom. The maximum atomic E-state index is 12.8. The molecule has 13 heteroatoms. The van der Waals surface area contributed by atoms with Crippen molar-refractivity contribution >= 4 is 13.8 Å². The SMILES string of the molecule is CCCCCCC/C=C\C/C=C\CCCCCCCCCCCC(=O)OC(COCCCCCCCC/C=C\CCCCCCCC)COP(=O)(O)OC1C(O)C(O)C(O)C(O)C1O. The normalized spacial score (nSPS) is 21.9. The fraction of sp³-hybridized carbons (Fsp3) is 0.863. The predicted molar refractivity (Wildman–Crippen MR) is 258 cm³/mol. The van der Waals surface area contributed by atoms with E-state index in [2.05, 4.69) is 50.3 Å². The molecular formula is C51H95O12P. The highest BCUT2D eigenvalue weighted by Gasteiger charge is 2.51. The third kappa shape index (κ3) is 33.1. The lowest BCUT2D eigenvalue weighted by atomic mass is 9.85. The molecule has 0 aromatic carbocycles. The minimum atomic E-state index is -5.02. The summed E-state index contributed by atoms with van der Waals surface area (Å²) >= 11 is 0. The molecule has 1 aliphatic rings. The summed E-state index contributed by atoms with van der Waals surface area (Å²) < 4.78 is 34.3. The van der Waals surface area contributed by atoms with Crippen LogP contribution in [0, 0.1) is 0 Å². The molecule has 0 saturated heterocycles. The van der Waals surface area contributed by atoms with Crippen LogP contribution in [-0.4, -0.2) is 98.9 Å². The highest BCUT2D eigenvalue weighted by atomic mass is 31.2. The number of hydrogen-bond donors (Lipinski definition) is 6. The van der Waals surface area contributed by atoms with Crippen molar-refractivity contribution in [2.45, 2.75) is 262 Å². The predicted octanol–water partition coefficient (Wildman–Crippen LogP) is 11.4. The Bertz CT molecular complexity index is 1200. The number of unbranched alkanes of at least 4 members (excludes halogenated alkanes) is 26. The molecule has 64 heavy (non-hydrogen) atoms. The molecule has 6 N–H and O–H groups in total. The first-order chi connectivity index (χ1) is 31.0. The number of hydrogen-bond acceptors (Lipinski definition) is 11. The number of allylic oxidation sites excluding steroid dienone is 6. The van der Waals surface area contributed by atoms with Gasteiger partial charge in [0.25, 0.3) is 0 Å². The number of phosphoric acid groups is 1. The van der Waals surface area contributed by atoms with Crippen molar-refractivity contribution in [2.24, 2.45) is 0 Å². The Labute approximate surface area is 389 Å². The smallest absolute Gasteiger partial charge is 0.457 e. The Morgan fingerprint density at radius 3 is 1.33 bits per heavy atom. The zero-order valence-corrected chi connectivity index (χ0v) is 41.2. The van der Waals surface area contributed by atoms with Gasteiger partial charge in [0, 0.05) is 13.0 Å². The molecule has 6 unspecified atom stereocenters. The first kappa shape index (κ1) is 60.6. The van der Waals surface area contributed by atoms with Crippen LogP contribution in [0.15, 0.2) is 36.5 Å². The lowest BCUT2D eigenvalue weighted by Gasteiger charge is -2.41. The summed E-state index contributed by atoms with van der Waals surface area (Å²) in [7, 11) is -5.02. The molecule has 0 spiro atoms. The third-order valence-corrected chi connectivity index (χ3v) is 13.0. The fourth-order valence-corrected chi connectivity index (χ4v) is 8.82. The molecule has 12 nitrogen and oxygen atoms in total. The lowest BCUT2D eigenvalue weighted by Crippen LogP contribution is -2.64. The van der Waals surface area contributed by atoms with Crippen LogP contribution >= 0.6 is 7.82 Å². The van der Waals surface area contributed by atoms with Gasteiger partial charge in [-0.3, -0.25) is 13.8 Å². The van der Waals surface area contributed by atoms with Crippen LogP contribution < -0.4 is 0 Å². The molecule has 0 aromatic heterocycles. The van der Waals surface area contributed by atoms with Crippen molar-refractivity contribution in [3.63, 3.8) is 0 Å². The van der Waals surface area contributed by atoms with Crippen LogP contribution in [0.5, 0.6) is 0 Å². The second-order valence-electron chi connectivity index (χ2n) is 18.0. The van der Waals surface area contributed by atoms with E-state index in [1.54, 1.807) is 0 Å². The Balaban J connectivity index is 2.34. The lowest BCUT2D eigenvalue weighted by molar-refractivity contribution is -0.220. The maximum absolute atomic E-state index is 12.8. The molecule has 1 aliphatic carbocycles. The third-order valence-electron chi connectivity index (χ3n) is 12.0. The number of carbonyl (C=O) groups is 1. The zero-order valence-electron chi connectivity index (χ0n) is 40.3. The van der Waals surface area contributed by atoms with Gasteiger partial charge in [-0.05, 0) is 70.6 Å². The van der Waals surface area contributed by atoms with Crippen molar-refractivity contribution in [1.29, 1.82) is 0 Å². The quantitative estimate of drug-likeness (QED) is 0.0147. The van der Waals surface area contributed by atoms with E-state index in [1.165, 1.54) is 128 Å². The van der Waals surface area contributed by atoms with Crippen LogP contribution in [0.2, 0.25) is 0 Å². The Morgan fingerprint density at radius 1 is 0.500 bits per heavy atom. The zero-order chi connectivity index (χ0) is 46.9. The molecule has 1 fully saturated rings. The van der Waals surface area contributed by atoms with Crippen LogP contribution in [0.25, 0.3) is 0 Å². The summed E-state index contributed by atoms with van der Waals surface area (Å²) in [6.07, 6.45) is 37.8. The number of esters is 1. The number of ether oxygens (including phenoxy) is 2. The maximum Gasteiger partial charge on any atom is 0.472 e. The van der Waals surface area contributed by atoms with Crippen molar-refractivity contribution in [2.75, 3.05) is 19.8 Å². The fourth-order valence-electron chi connectivity index (χ4n) is 7.85. The molecule has 1 rings (SSSR count). The minimum Gasteiger partial charge on any atom is -0.457 e. The van der Waals surface area contributed by atoms with Crippen LogP contribution in [0.3, 0.4) is 0 Å². The van der Waals surface area contributed by atoms with E-state index in [0.29, 0.717) is 13.0 Å². The largest absolute Gasteiger partial charge is 0.472 e. The number of phosphoric ester groups is 1. The number of carbonyl (C=O) groups excluding carboxylic acids is 1.